The van der Waals surface area contributed by atoms with Crippen molar-refractivity contribution >= 4 is 35.3 Å². The molecule has 1 saturated heterocycles. The molecular formula is C21H28Cl2FNO4. The van der Waals surface area contributed by atoms with Gasteiger partial charge in [-0.3, -0.25) is 4.79 Å². The normalized spacial score (nSPS) is 17.6. The second kappa shape index (κ2) is 9.52. The fourth-order valence-electron chi connectivity index (χ4n) is 3.45. The molecule has 2 rings (SSSR count). The number of ether oxygens (including phenoxy) is 2. The van der Waals surface area contributed by atoms with Gasteiger partial charge in [-0.15, -0.1) is 0 Å². The molecule has 1 unspecified atom stereocenters. The quantitative estimate of drug-likeness (QED) is 0.537. The maximum atomic E-state index is 16.1. The Kier molecular flexibility index (Phi) is 7.80. The predicted molar refractivity (Wildman–Crippen MR) is 111 cm³/mol. The molecular weight excluding hydrogens is 420 g/mol. The summed E-state index contributed by atoms with van der Waals surface area (Å²) in [5, 5.41) is 0.658. The van der Waals surface area contributed by atoms with Crippen LogP contribution in [-0.2, 0) is 14.3 Å². The Morgan fingerprint density at radius 1 is 1.21 bits per heavy atom. The van der Waals surface area contributed by atoms with Gasteiger partial charge in [0.2, 0.25) is 0 Å². The number of piperidine rings is 1. The number of hydrogen-bond donors (Lipinski definition) is 0. The number of benzene rings is 1. The van der Waals surface area contributed by atoms with Crippen LogP contribution < -0.4 is 0 Å². The van der Waals surface area contributed by atoms with E-state index in [1.165, 1.54) is 4.90 Å². The number of carbonyl (C=O) groups excluding carboxylic acids is 2. The summed E-state index contributed by atoms with van der Waals surface area (Å²) in [5.41, 5.74) is -1.73. The molecule has 0 N–H and O–H groups in total. The zero-order valence-electron chi connectivity index (χ0n) is 17.3. The van der Waals surface area contributed by atoms with Crippen molar-refractivity contribution in [1.82, 2.24) is 4.90 Å². The van der Waals surface area contributed by atoms with E-state index in [1.807, 2.05) is 0 Å². The Bertz CT molecular complexity index is 743. The SMILES string of the molecule is CCOC(=O)CC(c1ccc(Cl)c(Cl)c1)C1(F)CCN(C(=O)OC(C)(C)C)CC1. The van der Waals surface area contributed by atoms with Gasteiger partial charge < -0.3 is 14.4 Å². The lowest BCUT2D eigenvalue weighted by molar-refractivity contribution is -0.145. The van der Waals surface area contributed by atoms with E-state index < -0.39 is 29.3 Å². The summed E-state index contributed by atoms with van der Waals surface area (Å²) in [6, 6.07) is 4.87. The fraction of sp³-hybridized carbons (Fsp3) is 0.619. The maximum Gasteiger partial charge on any atom is 0.410 e. The van der Waals surface area contributed by atoms with Crippen molar-refractivity contribution in [2.45, 2.75) is 64.1 Å². The van der Waals surface area contributed by atoms with Crippen molar-refractivity contribution in [3.63, 3.8) is 0 Å². The monoisotopic (exact) mass is 447 g/mol. The molecule has 1 aromatic carbocycles. The van der Waals surface area contributed by atoms with Crippen LogP contribution in [0.25, 0.3) is 0 Å². The summed E-state index contributed by atoms with van der Waals surface area (Å²) in [5.74, 6) is -1.23. The molecule has 1 heterocycles. The van der Waals surface area contributed by atoms with Crippen LogP contribution in [0.4, 0.5) is 9.18 Å². The summed E-state index contributed by atoms with van der Waals surface area (Å²) in [4.78, 5) is 25.9. The molecule has 0 aliphatic carbocycles. The zero-order valence-corrected chi connectivity index (χ0v) is 18.8. The Balaban J connectivity index is 2.20. The number of hydrogen-bond acceptors (Lipinski definition) is 4. The number of carbonyl (C=O) groups is 2. The highest BCUT2D eigenvalue weighted by Crippen LogP contribution is 2.43. The first-order valence-corrected chi connectivity index (χ1v) is 10.5. The largest absolute Gasteiger partial charge is 0.466 e. The lowest BCUT2D eigenvalue weighted by atomic mass is 9.75. The van der Waals surface area contributed by atoms with Crippen LogP contribution in [0.15, 0.2) is 18.2 Å². The van der Waals surface area contributed by atoms with E-state index >= 15 is 4.39 Å². The molecule has 1 fully saturated rings. The predicted octanol–water partition coefficient (Wildman–Crippen LogP) is 5.77. The minimum Gasteiger partial charge on any atom is -0.466 e. The van der Waals surface area contributed by atoms with Crippen molar-refractivity contribution in [1.29, 1.82) is 0 Å². The molecule has 0 bridgehead atoms. The van der Waals surface area contributed by atoms with Crippen molar-refractivity contribution in [3.05, 3.63) is 33.8 Å². The van der Waals surface area contributed by atoms with Crippen LogP contribution in [0, 0.1) is 0 Å². The molecule has 29 heavy (non-hydrogen) atoms. The summed E-state index contributed by atoms with van der Waals surface area (Å²) >= 11 is 12.1. The summed E-state index contributed by atoms with van der Waals surface area (Å²) in [7, 11) is 0. The number of amides is 1. The second-order valence-corrected chi connectivity index (χ2v) is 9.05. The first-order valence-electron chi connectivity index (χ1n) is 9.72. The summed E-state index contributed by atoms with van der Waals surface area (Å²) < 4.78 is 26.5. The Morgan fingerprint density at radius 2 is 1.83 bits per heavy atom. The van der Waals surface area contributed by atoms with E-state index in [9.17, 15) is 9.59 Å². The van der Waals surface area contributed by atoms with Gasteiger partial charge >= 0.3 is 12.1 Å². The molecule has 0 radical (unpaired) electrons. The van der Waals surface area contributed by atoms with Gasteiger partial charge in [-0.1, -0.05) is 29.3 Å². The van der Waals surface area contributed by atoms with Gasteiger partial charge in [0.15, 0.2) is 0 Å². The molecule has 1 atom stereocenters. The van der Waals surface area contributed by atoms with Crippen LogP contribution in [0.5, 0.6) is 0 Å². The first-order chi connectivity index (χ1) is 13.4. The van der Waals surface area contributed by atoms with Crippen molar-refractivity contribution in [2.24, 2.45) is 0 Å². The highest BCUT2D eigenvalue weighted by molar-refractivity contribution is 6.42. The molecule has 162 valence electrons. The highest BCUT2D eigenvalue weighted by atomic mass is 35.5. The average Bonchev–Trinajstić information content (AvgIpc) is 2.61. The minimum absolute atomic E-state index is 0.0799. The third-order valence-corrected chi connectivity index (χ3v) is 5.63. The van der Waals surface area contributed by atoms with E-state index in [0.29, 0.717) is 15.6 Å². The van der Waals surface area contributed by atoms with Crippen LogP contribution in [-0.4, -0.2) is 47.9 Å². The van der Waals surface area contributed by atoms with E-state index in [1.54, 1.807) is 45.9 Å². The standard InChI is InChI=1S/C21H28Cl2FNO4/c1-5-28-18(26)13-15(14-6-7-16(22)17(23)12-14)21(24)8-10-25(11-9-21)19(27)29-20(2,3)4/h6-7,12,15H,5,8-11,13H2,1-4H3. The van der Waals surface area contributed by atoms with Crippen LogP contribution in [0.1, 0.15) is 58.4 Å². The number of esters is 1. The molecule has 1 aromatic rings. The minimum atomic E-state index is -1.69. The fourth-order valence-corrected chi connectivity index (χ4v) is 3.76. The molecule has 0 saturated carbocycles. The van der Waals surface area contributed by atoms with Gasteiger partial charge in [0.25, 0.3) is 0 Å². The topological polar surface area (TPSA) is 55.8 Å². The van der Waals surface area contributed by atoms with E-state index in [4.69, 9.17) is 32.7 Å². The highest BCUT2D eigenvalue weighted by Gasteiger charge is 2.45. The van der Waals surface area contributed by atoms with Crippen molar-refractivity contribution in [2.75, 3.05) is 19.7 Å². The number of alkyl halides is 1. The van der Waals surface area contributed by atoms with Gasteiger partial charge in [-0.05, 0) is 58.2 Å². The summed E-state index contributed by atoms with van der Waals surface area (Å²) in [6.45, 7) is 7.68. The maximum absolute atomic E-state index is 16.1. The molecule has 1 aliphatic rings. The van der Waals surface area contributed by atoms with Gasteiger partial charge in [0, 0.05) is 19.0 Å². The molecule has 1 amide bonds. The number of likely N-dealkylation sites (tertiary alicyclic amines) is 1. The van der Waals surface area contributed by atoms with Crippen molar-refractivity contribution in [3.8, 4) is 0 Å². The lowest BCUT2D eigenvalue weighted by Crippen LogP contribution is -2.49. The number of nitrogens with zero attached hydrogens (tertiary/aromatic N) is 1. The van der Waals surface area contributed by atoms with Gasteiger partial charge in [-0.2, -0.15) is 0 Å². The molecule has 8 heteroatoms. The number of rotatable bonds is 5. The Hall–Kier alpha value is -1.53. The first kappa shape index (κ1) is 23.7. The lowest BCUT2D eigenvalue weighted by Gasteiger charge is -2.41. The summed E-state index contributed by atoms with van der Waals surface area (Å²) in [6.07, 6.45) is -0.418. The van der Waals surface area contributed by atoms with Crippen LogP contribution in [0.3, 0.4) is 0 Å². The van der Waals surface area contributed by atoms with E-state index in [2.05, 4.69) is 0 Å². The molecule has 0 aromatic heterocycles. The molecule has 0 spiro atoms. The van der Waals surface area contributed by atoms with Gasteiger partial charge in [0.1, 0.15) is 11.3 Å². The van der Waals surface area contributed by atoms with E-state index in [-0.39, 0.29) is 39.0 Å². The Morgan fingerprint density at radius 3 is 2.34 bits per heavy atom. The van der Waals surface area contributed by atoms with Crippen LogP contribution >= 0.6 is 23.2 Å². The van der Waals surface area contributed by atoms with Gasteiger partial charge in [0.05, 0.1) is 23.1 Å². The van der Waals surface area contributed by atoms with Crippen molar-refractivity contribution < 1.29 is 23.5 Å². The zero-order chi connectivity index (χ0) is 21.8. The number of halogens is 3. The third-order valence-electron chi connectivity index (χ3n) is 4.89. The molecule has 5 nitrogen and oxygen atoms in total. The van der Waals surface area contributed by atoms with Gasteiger partial charge in [-0.25, -0.2) is 9.18 Å². The smallest absolute Gasteiger partial charge is 0.410 e. The second-order valence-electron chi connectivity index (χ2n) is 8.24. The molecule has 1 aliphatic heterocycles. The Labute approximate surface area is 181 Å². The van der Waals surface area contributed by atoms with Crippen LogP contribution in [0.2, 0.25) is 10.0 Å². The van der Waals surface area contributed by atoms with E-state index in [0.717, 1.165) is 0 Å². The average molecular weight is 448 g/mol. The third kappa shape index (κ3) is 6.48.